The van der Waals surface area contributed by atoms with Gasteiger partial charge in [0.2, 0.25) is 0 Å². The molecule has 1 saturated heterocycles. The average molecular weight is 294 g/mol. The molecular formula is C18H22N4. The lowest BCUT2D eigenvalue weighted by Crippen LogP contribution is -2.43. The van der Waals surface area contributed by atoms with Gasteiger partial charge in [0.25, 0.3) is 0 Å². The number of piperazine rings is 1. The quantitative estimate of drug-likeness (QED) is 0.812. The maximum absolute atomic E-state index is 4.56. The van der Waals surface area contributed by atoms with Crippen molar-refractivity contribution in [3.8, 4) is 0 Å². The Labute approximate surface area is 132 Å². The SMILES string of the molecule is Cc1ccc(CN2CCN(/N=C/c3ccncc3)CC2)cc1. The summed E-state index contributed by atoms with van der Waals surface area (Å²) >= 11 is 0. The van der Waals surface area contributed by atoms with E-state index in [0.717, 1.165) is 38.3 Å². The van der Waals surface area contributed by atoms with Gasteiger partial charge in [-0.1, -0.05) is 29.8 Å². The summed E-state index contributed by atoms with van der Waals surface area (Å²) in [6.45, 7) is 7.23. The second-order valence-electron chi connectivity index (χ2n) is 5.74. The van der Waals surface area contributed by atoms with Crippen LogP contribution in [-0.2, 0) is 6.54 Å². The van der Waals surface area contributed by atoms with Crippen LogP contribution in [0, 0.1) is 6.92 Å². The lowest BCUT2D eigenvalue weighted by molar-refractivity contribution is 0.131. The van der Waals surface area contributed by atoms with E-state index in [9.17, 15) is 0 Å². The van der Waals surface area contributed by atoms with Crippen LogP contribution >= 0.6 is 0 Å². The number of aryl methyl sites for hydroxylation is 1. The lowest BCUT2D eigenvalue weighted by Gasteiger charge is -2.33. The van der Waals surface area contributed by atoms with Crippen LogP contribution in [0.5, 0.6) is 0 Å². The smallest absolute Gasteiger partial charge is 0.0544 e. The molecule has 22 heavy (non-hydrogen) atoms. The topological polar surface area (TPSA) is 31.7 Å². The third-order valence-electron chi connectivity index (χ3n) is 3.95. The third-order valence-corrected chi connectivity index (χ3v) is 3.95. The highest BCUT2D eigenvalue weighted by molar-refractivity contribution is 5.78. The molecule has 1 aliphatic rings. The summed E-state index contributed by atoms with van der Waals surface area (Å²) in [5, 5.41) is 6.71. The Morgan fingerprint density at radius 1 is 1.00 bits per heavy atom. The summed E-state index contributed by atoms with van der Waals surface area (Å²) in [5.74, 6) is 0. The molecule has 0 bridgehead atoms. The monoisotopic (exact) mass is 294 g/mol. The fourth-order valence-electron chi connectivity index (χ4n) is 2.56. The summed E-state index contributed by atoms with van der Waals surface area (Å²) in [7, 11) is 0. The Bertz CT molecular complexity index is 599. The maximum Gasteiger partial charge on any atom is 0.0544 e. The van der Waals surface area contributed by atoms with Gasteiger partial charge in [0.1, 0.15) is 0 Å². The molecule has 3 rings (SSSR count). The van der Waals surface area contributed by atoms with Crippen molar-refractivity contribution in [2.24, 2.45) is 5.10 Å². The van der Waals surface area contributed by atoms with Crippen molar-refractivity contribution in [2.75, 3.05) is 26.2 Å². The summed E-state index contributed by atoms with van der Waals surface area (Å²) in [5.41, 5.74) is 3.80. The third kappa shape index (κ3) is 4.15. The number of benzene rings is 1. The molecule has 0 atom stereocenters. The Morgan fingerprint density at radius 3 is 2.36 bits per heavy atom. The number of pyridine rings is 1. The van der Waals surface area contributed by atoms with E-state index in [1.54, 1.807) is 12.4 Å². The molecule has 1 aliphatic heterocycles. The van der Waals surface area contributed by atoms with Gasteiger partial charge in [0.15, 0.2) is 0 Å². The van der Waals surface area contributed by atoms with E-state index in [1.807, 2.05) is 18.3 Å². The number of nitrogens with zero attached hydrogens (tertiary/aromatic N) is 4. The van der Waals surface area contributed by atoms with E-state index in [1.165, 1.54) is 11.1 Å². The molecule has 0 radical (unpaired) electrons. The molecule has 1 aromatic heterocycles. The van der Waals surface area contributed by atoms with Crippen LogP contribution < -0.4 is 0 Å². The van der Waals surface area contributed by atoms with Crippen LogP contribution in [0.1, 0.15) is 16.7 Å². The summed E-state index contributed by atoms with van der Waals surface area (Å²) in [6, 6.07) is 12.8. The molecule has 4 heteroatoms. The van der Waals surface area contributed by atoms with Crippen LogP contribution in [0.25, 0.3) is 0 Å². The van der Waals surface area contributed by atoms with Crippen molar-refractivity contribution in [2.45, 2.75) is 13.5 Å². The molecule has 0 spiro atoms. The van der Waals surface area contributed by atoms with E-state index >= 15 is 0 Å². The molecule has 0 N–H and O–H groups in total. The molecule has 2 aromatic rings. The summed E-state index contributed by atoms with van der Waals surface area (Å²) in [6.07, 6.45) is 5.50. The van der Waals surface area contributed by atoms with Crippen molar-refractivity contribution in [1.82, 2.24) is 14.9 Å². The van der Waals surface area contributed by atoms with Gasteiger partial charge in [0.05, 0.1) is 6.21 Å². The van der Waals surface area contributed by atoms with Crippen molar-refractivity contribution in [1.29, 1.82) is 0 Å². The number of hydrazone groups is 1. The van der Waals surface area contributed by atoms with Crippen LogP contribution in [0.4, 0.5) is 0 Å². The van der Waals surface area contributed by atoms with Gasteiger partial charge in [-0.05, 0) is 30.2 Å². The molecule has 2 heterocycles. The van der Waals surface area contributed by atoms with Gasteiger partial charge < -0.3 is 0 Å². The van der Waals surface area contributed by atoms with Crippen molar-refractivity contribution in [3.63, 3.8) is 0 Å². The summed E-state index contributed by atoms with van der Waals surface area (Å²) < 4.78 is 0. The molecule has 0 amide bonds. The predicted octanol–water partition coefficient (Wildman–Crippen LogP) is 2.54. The highest BCUT2D eigenvalue weighted by atomic mass is 15.5. The second kappa shape index (κ2) is 7.18. The first-order valence-corrected chi connectivity index (χ1v) is 7.76. The molecule has 1 fully saturated rings. The minimum atomic E-state index is 0.980. The second-order valence-corrected chi connectivity index (χ2v) is 5.74. The Kier molecular flexibility index (Phi) is 4.81. The normalized spacial score (nSPS) is 16.3. The van der Waals surface area contributed by atoms with Crippen LogP contribution in [-0.4, -0.2) is 47.3 Å². The zero-order valence-corrected chi connectivity index (χ0v) is 13.0. The zero-order chi connectivity index (χ0) is 15.2. The first-order valence-electron chi connectivity index (χ1n) is 7.76. The van der Waals surface area contributed by atoms with Crippen LogP contribution in [0.15, 0.2) is 53.9 Å². The molecule has 0 saturated carbocycles. The highest BCUT2D eigenvalue weighted by Gasteiger charge is 2.15. The first kappa shape index (κ1) is 14.7. The van der Waals surface area contributed by atoms with E-state index in [4.69, 9.17) is 0 Å². The van der Waals surface area contributed by atoms with Crippen molar-refractivity contribution < 1.29 is 0 Å². The Balaban J connectivity index is 1.48. The van der Waals surface area contributed by atoms with Gasteiger partial charge >= 0.3 is 0 Å². The van der Waals surface area contributed by atoms with Gasteiger partial charge in [0, 0.05) is 45.1 Å². The van der Waals surface area contributed by atoms with Crippen molar-refractivity contribution in [3.05, 3.63) is 65.5 Å². The van der Waals surface area contributed by atoms with Crippen LogP contribution in [0.3, 0.4) is 0 Å². The summed E-state index contributed by atoms with van der Waals surface area (Å²) in [4.78, 5) is 6.50. The largest absolute Gasteiger partial charge is 0.295 e. The molecule has 4 nitrogen and oxygen atoms in total. The number of hydrogen-bond acceptors (Lipinski definition) is 4. The van der Waals surface area contributed by atoms with Gasteiger partial charge in [-0.3, -0.25) is 14.9 Å². The lowest BCUT2D eigenvalue weighted by atomic mass is 10.1. The molecule has 0 unspecified atom stereocenters. The standard InChI is InChI=1S/C18H22N4/c1-16-2-4-18(5-3-16)15-21-10-12-22(13-11-21)20-14-17-6-8-19-9-7-17/h2-9,14H,10-13,15H2,1H3/b20-14+. The molecule has 0 aliphatic carbocycles. The predicted molar refractivity (Wildman–Crippen MR) is 89.9 cm³/mol. The van der Waals surface area contributed by atoms with Gasteiger partial charge in [-0.2, -0.15) is 5.10 Å². The van der Waals surface area contributed by atoms with Gasteiger partial charge in [-0.25, -0.2) is 0 Å². The fraction of sp³-hybridized carbons (Fsp3) is 0.333. The highest BCUT2D eigenvalue weighted by Crippen LogP contribution is 2.10. The fourth-order valence-corrected chi connectivity index (χ4v) is 2.56. The Hall–Kier alpha value is -2.20. The minimum Gasteiger partial charge on any atom is -0.295 e. The molecule has 1 aromatic carbocycles. The molecular weight excluding hydrogens is 272 g/mol. The zero-order valence-electron chi connectivity index (χ0n) is 13.0. The number of aromatic nitrogens is 1. The van der Waals surface area contributed by atoms with E-state index in [0.29, 0.717) is 0 Å². The number of hydrogen-bond donors (Lipinski definition) is 0. The van der Waals surface area contributed by atoms with Gasteiger partial charge in [-0.15, -0.1) is 0 Å². The van der Waals surface area contributed by atoms with Crippen molar-refractivity contribution >= 4 is 6.21 Å². The first-order chi connectivity index (χ1) is 10.8. The van der Waals surface area contributed by atoms with Crippen LogP contribution in [0.2, 0.25) is 0 Å². The Morgan fingerprint density at radius 2 is 1.68 bits per heavy atom. The number of rotatable bonds is 4. The maximum atomic E-state index is 4.56. The minimum absolute atomic E-state index is 0.980. The van der Waals surface area contributed by atoms with E-state index in [2.05, 4.69) is 51.2 Å². The van der Waals surface area contributed by atoms with E-state index < -0.39 is 0 Å². The molecule has 114 valence electrons. The van der Waals surface area contributed by atoms with E-state index in [-0.39, 0.29) is 0 Å². The average Bonchev–Trinajstić information content (AvgIpc) is 2.57.